The summed E-state index contributed by atoms with van der Waals surface area (Å²) in [7, 11) is 1.27. The van der Waals surface area contributed by atoms with Gasteiger partial charge in [0, 0.05) is 16.3 Å². The van der Waals surface area contributed by atoms with Crippen molar-refractivity contribution >= 4 is 34.1 Å². The van der Waals surface area contributed by atoms with Crippen LogP contribution in [0.4, 0.5) is 0 Å². The number of hydrogen-bond donors (Lipinski definition) is 2. The Morgan fingerprint density at radius 2 is 2.18 bits per heavy atom. The number of carbonyl (C=O) groups is 2. The number of rotatable bonds is 4. The molecule has 2 N–H and O–H groups in total. The molecule has 2 aromatic heterocycles. The first-order valence-corrected chi connectivity index (χ1v) is 7.44. The molecule has 6 nitrogen and oxygen atoms in total. The average Bonchev–Trinajstić information content (AvgIpc) is 3.18. The Balaban J connectivity index is 1.78. The molecule has 1 aromatic carbocycles. The van der Waals surface area contributed by atoms with E-state index in [1.807, 2.05) is 30.3 Å². The summed E-state index contributed by atoms with van der Waals surface area (Å²) in [6.07, 6.45) is 0. The number of esters is 1. The second-order valence-corrected chi connectivity index (χ2v) is 5.43. The van der Waals surface area contributed by atoms with Gasteiger partial charge >= 0.3 is 5.97 Å². The summed E-state index contributed by atoms with van der Waals surface area (Å²) in [5, 5.41) is 5.93. The molecular formula is C15H13N3O3S. The zero-order valence-corrected chi connectivity index (χ0v) is 12.6. The summed E-state index contributed by atoms with van der Waals surface area (Å²) >= 11 is 1.37. The molecule has 0 unspecified atom stereocenters. The van der Waals surface area contributed by atoms with Gasteiger partial charge in [0.25, 0.3) is 5.91 Å². The summed E-state index contributed by atoms with van der Waals surface area (Å²) in [4.78, 5) is 30.5. The number of ether oxygens (including phenoxy) is 1. The molecule has 3 rings (SSSR count). The molecule has 22 heavy (non-hydrogen) atoms. The summed E-state index contributed by atoms with van der Waals surface area (Å²) in [6, 6.07) is 9.90. The van der Waals surface area contributed by atoms with Crippen LogP contribution < -0.4 is 5.32 Å². The highest BCUT2D eigenvalue weighted by atomic mass is 32.1. The Labute approximate surface area is 130 Å². The summed E-state index contributed by atoms with van der Waals surface area (Å²) in [5.41, 5.74) is 2.16. The lowest BCUT2D eigenvalue weighted by atomic mass is 10.2. The van der Waals surface area contributed by atoms with Crippen LogP contribution in [-0.2, 0) is 9.53 Å². The normalized spacial score (nSPS) is 10.6. The van der Waals surface area contributed by atoms with Crippen molar-refractivity contribution in [2.75, 3.05) is 13.7 Å². The molecule has 0 saturated carbocycles. The Kier molecular flexibility index (Phi) is 3.88. The molecule has 0 aliphatic rings. The van der Waals surface area contributed by atoms with Crippen molar-refractivity contribution in [3.63, 3.8) is 0 Å². The van der Waals surface area contributed by atoms with Gasteiger partial charge in [0.15, 0.2) is 0 Å². The first-order chi connectivity index (χ1) is 10.7. The number of amides is 1. The van der Waals surface area contributed by atoms with E-state index in [1.165, 1.54) is 18.4 Å². The quantitative estimate of drug-likeness (QED) is 0.723. The number of H-pyrrole nitrogens is 1. The minimum Gasteiger partial charge on any atom is -0.468 e. The van der Waals surface area contributed by atoms with Crippen LogP contribution >= 0.6 is 11.3 Å². The summed E-state index contributed by atoms with van der Waals surface area (Å²) < 4.78 is 4.47. The predicted octanol–water partition coefficient (Wildman–Crippen LogP) is 2.19. The maximum Gasteiger partial charge on any atom is 0.325 e. The van der Waals surface area contributed by atoms with Gasteiger partial charge in [-0.2, -0.15) is 0 Å². The van der Waals surface area contributed by atoms with Gasteiger partial charge in [-0.1, -0.05) is 18.2 Å². The van der Waals surface area contributed by atoms with Crippen LogP contribution in [-0.4, -0.2) is 35.5 Å². The number of methoxy groups -OCH3 is 1. The average molecular weight is 315 g/mol. The van der Waals surface area contributed by atoms with E-state index in [0.717, 1.165) is 21.6 Å². The smallest absolute Gasteiger partial charge is 0.325 e. The Hall–Kier alpha value is -2.67. The van der Waals surface area contributed by atoms with Crippen molar-refractivity contribution in [1.82, 2.24) is 15.3 Å². The number of carbonyl (C=O) groups excluding carboxylic acids is 2. The molecule has 0 bridgehead atoms. The predicted molar refractivity (Wildman–Crippen MR) is 83.8 cm³/mol. The highest BCUT2D eigenvalue weighted by Crippen LogP contribution is 2.26. The minimum absolute atomic E-state index is 0.172. The zero-order chi connectivity index (χ0) is 15.5. The lowest BCUT2D eigenvalue weighted by molar-refractivity contribution is -0.139. The van der Waals surface area contributed by atoms with E-state index >= 15 is 0 Å². The van der Waals surface area contributed by atoms with Gasteiger partial charge in [-0.3, -0.25) is 9.59 Å². The number of fused-ring (bicyclic) bond motifs is 1. The van der Waals surface area contributed by atoms with Crippen molar-refractivity contribution in [2.24, 2.45) is 0 Å². The molecule has 3 aromatic rings. The fraction of sp³-hybridized carbons (Fsp3) is 0.133. The molecule has 0 aliphatic heterocycles. The molecule has 112 valence electrons. The third kappa shape index (κ3) is 2.84. The Bertz CT molecular complexity index is 804. The molecule has 0 atom stereocenters. The van der Waals surface area contributed by atoms with Gasteiger partial charge in [-0.05, 0) is 12.1 Å². The highest BCUT2D eigenvalue weighted by molar-refractivity contribution is 7.13. The lowest BCUT2D eigenvalue weighted by Gasteiger charge is -2.00. The van der Waals surface area contributed by atoms with Crippen LogP contribution in [0.25, 0.3) is 21.6 Å². The number of para-hydroxylation sites is 1. The summed E-state index contributed by atoms with van der Waals surface area (Å²) in [6.45, 7) is -0.172. The monoisotopic (exact) mass is 315 g/mol. The van der Waals surface area contributed by atoms with E-state index < -0.39 is 11.9 Å². The Morgan fingerprint density at radius 1 is 1.36 bits per heavy atom. The van der Waals surface area contributed by atoms with E-state index in [-0.39, 0.29) is 12.2 Å². The van der Waals surface area contributed by atoms with E-state index in [4.69, 9.17) is 0 Å². The van der Waals surface area contributed by atoms with E-state index in [1.54, 1.807) is 5.38 Å². The SMILES string of the molecule is COC(=O)CNC(=O)c1csc(-c2cc3ccccc3[nH]2)n1. The minimum atomic E-state index is -0.501. The van der Waals surface area contributed by atoms with Crippen LogP contribution in [0.1, 0.15) is 10.5 Å². The third-order valence-corrected chi connectivity index (χ3v) is 3.99. The van der Waals surface area contributed by atoms with Crippen molar-refractivity contribution in [3.8, 4) is 10.7 Å². The van der Waals surface area contributed by atoms with E-state index in [9.17, 15) is 9.59 Å². The maximum atomic E-state index is 11.9. The number of thiazole rings is 1. The molecule has 7 heteroatoms. The second-order valence-electron chi connectivity index (χ2n) is 4.57. The Morgan fingerprint density at radius 3 is 2.95 bits per heavy atom. The largest absolute Gasteiger partial charge is 0.468 e. The first-order valence-electron chi connectivity index (χ1n) is 6.56. The number of aromatic amines is 1. The van der Waals surface area contributed by atoms with Crippen LogP contribution in [0.5, 0.6) is 0 Å². The van der Waals surface area contributed by atoms with Crippen LogP contribution in [0.3, 0.4) is 0 Å². The van der Waals surface area contributed by atoms with Gasteiger partial charge in [0.2, 0.25) is 0 Å². The lowest BCUT2D eigenvalue weighted by Crippen LogP contribution is -2.30. The number of hydrogen-bond acceptors (Lipinski definition) is 5. The molecule has 0 saturated heterocycles. The number of nitrogens with one attached hydrogen (secondary N) is 2. The number of benzene rings is 1. The van der Waals surface area contributed by atoms with Crippen molar-refractivity contribution in [2.45, 2.75) is 0 Å². The number of nitrogens with zero attached hydrogens (tertiary/aromatic N) is 1. The number of aromatic nitrogens is 2. The zero-order valence-electron chi connectivity index (χ0n) is 11.8. The summed E-state index contributed by atoms with van der Waals surface area (Å²) in [5.74, 6) is -0.900. The highest BCUT2D eigenvalue weighted by Gasteiger charge is 2.14. The maximum absolute atomic E-state index is 11.9. The third-order valence-electron chi connectivity index (χ3n) is 3.12. The van der Waals surface area contributed by atoms with E-state index in [2.05, 4.69) is 20.0 Å². The van der Waals surface area contributed by atoms with E-state index in [0.29, 0.717) is 0 Å². The topological polar surface area (TPSA) is 84.1 Å². The second kappa shape index (κ2) is 5.98. The van der Waals surface area contributed by atoms with Gasteiger partial charge in [-0.15, -0.1) is 11.3 Å². The molecule has 0 radical (unpaired) electrons. The fourth-order valence-electron chi connectivity index (χ4n) is 2.01. The molecular weight excluding hydrogens is 302 g/mol. The van der Waals surface area contributed by atoms with Crippen LogP contribution in [0.15, 0.2) is 35.7 Å². The molecule has 1 amide bonds. The first kappa shape index (κ1) is 14.3. The van der Waals surface area contributed by atoms with Crippen molar-refractivity contribution < 1.29 is 14.3 Å². The molecule has 2 heterocycles. The standard InChI is InChI=1S/C15H13N3O3S/c1-21-13(19)7-16-14(20)12-8-22-15(18-12)11-6-9-4-2-3-5-10(9)17-11/h2-6,8,17H,7H2,1H3,(H,16,20). The van der Waals surface area contributed by atoms with Crippen molar-refractivity contribution in [3.05, 3.63) is 41.4 Å². The van der Waals surface area contributed by atoms with Gasteiger partial charge in [-0.25, -0.2) is 4.98 Å². The van der Waals surface area contributed by atoms with Gasteiger partial charge < -0.3 is 15.0 Å². The van der Waals surface area contributed by atoms with Crippen molar-refractivity contribution in [1.29, 1.82) is 0 Å². The van der Waals surface area contributed by atoms with Crippen LogP contribution in [0, 0.1) is 0 Å². The molecule has 0 spiro atoms. The molecule has 0 fully saturated rings. The van der Waals surface area contributed by atoms with Gasteiger partial charge in [0.05, 0.1) is 12.8 Å². The van der Waals surface area contributed by atoms with Gasteiger partial charge in [0.1, 0.15) is 17.2 Å². The molecule has 0 aliphatic carbocycles. The van der Waals surface area contributed by atoms with Crippen LogP contribution in [0.2, 0.25) is 0 Å². The fourth-order valence-corrected chi connectivity index (χ4v) is 2.78.